The van der Waals surface area contributed by atoms with Crippen LogP contribution in [-0.4, -0.2) is 67.3 Å². The second kappa shape index (κ2) is 9.76. The predicted molar refractivity (Wildman–Crippen MR) is 157 cm³/mol. The molecule has 2 aliphatic rings. The number of piperidine rings is 1. The number of benzene rings is 1. The van der Waals surface area contributed by atoms with E-state index in [2.05, 4.69) is 20.3 Å². The van der Waals surface area contributed by atoms with Gasteiger partial charge in [-0.3, -0.25) is 14.9 Å². The Labute approximate surface area is 242 Å². The minimum Gasteiger partial charge on any atom is -0.382 e. The third-order valence-electron chi connectivity index (χ3n) is 8.59. The molecule has 1 aromatic carbocycles. The Kier molecular flexibility index (Phi) is 6.12. The molecule has 1 amide bonds. The SMILES string of the molecule is Cc1[nH]ncc1C(=O)N1[C@@H]2CC[C@H]1CC(c1nc3c(-c4ccc(-c5ccccc5)nc4)cnn3c(N)c1S(C)(=O)=O)C2. The molecule has 3 atom stereocenters. The number of hydrogen-bond acceptors (Lipinski definition) is 8. The lowest BCUT2D eigenvalue weighted by atomic mass is 9.87. The molecule has 0 spiro atoms. The normalized spacial score (nSPS) is 20.3. The summed E-state index contributed by atoms with van der Waals surface area (Å²) in [5, 5.41) is 11.3. The van der Waals surface area contributed by atoms with E-state index >= 15 is 0 Å². The molecule has 4 aromatic heterocycles. The maximum atomic E-state index is 13.4. The number of anilines is 1. The molecular weight excluding hydrogens is 552 g/mol. The lowest BCUT2D eigenvalue weighted by Gasteiger charge is -2.39. The Balaban J connectivity index is 1.28. The number of aromatic amines is 1. The van der Waals surface area contributed by atoms with E-state index in [0.717, 1.165) is 41.6 Å². The van der Waals surface area contributed by atoms with Gasteiger partial charge >= 0.3 is 0 Å². The van der Waals surface area contributed by atoms with Gasteiger partial charge in [-0.1, -0.05) is 36.4 Å². The van der Waals surface area contributed by atoms with E-state index in [1.165, 1.54) is 4.52 Å². The van der Waals surface area contributed by atoms with E-state index in [1.54, 1.807) is 18.6 Å². The quantitative estimate of drug-likeness (QED) is 0.315. The van der Waals surface area contributed by atoms with Gasteiger partial charge in [0, 0.05) is 52.8 Å². The van der Waals surface area contributed by atoms with Crippen molar-refractivity contribution in [3.63, 3.8) is 0 Å². The van der Waals surface area contributed by atoms with Crippen molar-refractivity contribution in [2.75, 3.05) is 12.0 Å². The molecule has 3 N–H and O–H groups in total. The largest absolute Gasteiger partial charge is 0.382 e. The fourth-order valence-corrected chi connectivity index (χ4v) is 7.71. The fourth-order valence-electron chi connectivity index (χ4n) is 6.65. The van der Waals surface area contributed by atoms with Crippen LogP contribution < -0.4 is 5.73 Å². The average Bonchev–Trinajstić information content (AvgIpc) is 3.68. The number of nitrogen functional groups attached to an aromatic ring is 1. The highest BCUT2D eigenvalue weighted by molar-refractivity contribution is 7.91. The summed E-state index contributed by atoms with van der Waals surface area (Å²) in [6.45, 7) is 1.84. The highest BCUT2D eigenvalue weighted by Crippen LogP contribution is 2.46. The summed E-state index contributed by atoms with van der Waals surface area (Å²) in [6.07, 6.45) is 9.04. The molecule has 0 aliphatic carbocycles. The zero-order valence-corrected chi connectivity index (χ0v) is 24.0. The third kappa shape index (κ3) is 4.25. The lowest BCUT2D eigenvalue weighted by molar-refractivity contribution is 0.0567. The molecular formula is C30H30N8O3S. The molecule has 6 heterocycles. The number of nitrogens with zero attached hydrogens (tertiary/aromatic N) is 6. The van der Waals surface area contributed by atoms with Gasteiger partial charge in [0.1, 0.15) is 10.7 Å². The number of aryl methyl sites for hydroxylation is 1. The number of carbonyl (C=O) groups excluding carboxylic acids is 1. The first-order chi connectivity index (χ1) is 20.2. The second-order valence-corrected chi connectivity index (χ2v) is 13.2. The van der Waals surface area contributed by atoms with Crippen LogP contribution in [-0.2, 0) is 9.84 Å². The number of rotatable bonds is 5. The monoisotopic (exact) mass is 582 g/mol. The maximum absolute atomic E-state index is 13.4. The number of nitrogens with two attached hydrogens (primary N) is 1. The number of amides is 1. The van der Waals surface area contributed by atoms with Crippen LogP contribution >= 0.6 is 0 Å². The second-order valence-electron chi connectivity index (χ2n) is 11.2. The summed E-state index contributed by atoms with van der Waals surface area (Å²) in [6, 6.07) is 13.7. The minimum atomic E-state index is -3.74. The van der Waals surface area contributed by atoms with Crippen molar-refractivity contribution in [1.29, 1.82) is 0 Å². The minimum absolute atomic E-state index is 0.0112. The number of sulfone groups is 1. The van der Waals surface area contributed by atoms with Crippen LogP contribution in [0.15, 0.2) is 66.0 Å². The van der Waals surface area contributed by atoms with Crippen molar-refractivity contribution in [2.24, 2.45) is 0 Å². The molecule has 2 aliphatic heterocycles. The Morgan fingerprint density at radius 2 is 1.74 bits per heavy atom. The van der Waals surface area contributed by atoms with Gasteiger partial charge in [-0.25, -0.2) is 13.4 Å². The number of H-pyrrole nitrogens is 1. The Bertz CT molecular complexity index is 1920. The maximum Gasteiger partial charge on any atom is 0.257 e. The molecule has 11 nitrogen and oxygen atoms in total. The lowest BCUT2D eigenvalue weighted by Crippen LogP contribution is -2.46. The molecule has 5 aromatic rings. The Hall–Kier alpha value is -4.58. The molecule has 0 radical (unpaired) electrons. The van der Waals surface area contributed by atoms with Crippen LogP contribution in [0.25, 0.3) is 28.0 Å². The van der Waals surface area contributed by atoms with Crippen molar-refractivity contribution in [2.45, 2.75) is 55.5 Å². The molecule has 214 valence electrons. The number of pyridine rings is 1. The van der Waals surface area contributed by atoms with Gasteiger partial charge in [0.2, 0.25) is 0 Å². The molecule has 7 rings (SSSR count). The van der Waals surface area contributed by atoms with Crippen LogP contribution in [0.2, 0.25) is 0 Å². The van der Waals surface area contributed by atoms with Crippen LogP contribution in [0.1, 0.15) is 53.3 Å². The highest BCUT2D eigenvalue weighted by Gasteiger charge is 2.46. The van der Waals surface area contributed by atoms with Gasteiger partial charge in [-0.15, -0.1) is 0 Å². The smallest absolute Gasteiger partial charge is 0.257 e. The van der Waals surface area contributed by atoms with E-state index in [4.69, 9.17) is 10.7 Å². The first-order valence-corrected chi connectivity index (χ1v) is 15.8. The van der Waals surface area contributed by atoms with Gasteiger partial charge < -0.3 is 10.6 Å². The number of carbonyl (C=O) groups is 1. The van der Waals surface area contributed by atoms with E-state index in [1.807, 2.05) is 54.3 Å². The van der Waals surface area contributed by atoms with Crippen LogP contribution in [0.5, 0.6) is 0 Å². The summed E-state index contributed by atoms with van der Waals surface area (Å²) in [5.41, 5.74) is 12.1. The van der Waals surface area contributed by atoms with Crippen molar-refractivity contribution in [3.05, 3.63) is 78.0 Å². The zero-order chi connectivity index (χ0) is 29.2. The zero-order valence-electron chi connectivity index (χ0n) is 23.2. The van der Waals surface area contributed by atoms with E-state index in [0.29, 0.717) is 35.3 Å². The molecule has 2 saturated heterocycles. The summed E-state index contributed by atoms with van der Waals surface area (Å²) >= 11 is 0. The first kappa shape index (κ1) is 26.3. The number of hydrogen-bond donors (Lipinski definition) is 2. The summed E-state index contributed by atoms with van der Waals surface area (Å²) in [5.74, 6) is -0.184. The molecule has 1 unspecified atom stereocenters. The fraction of sp³-hybridized carbons (Fsp3) is 0.300. The van der Waals surface area contributed by atoms with Crippen molar-refractivity contribution in [1.82, 2.24) is 34.7 Å². The third-order valence-corrected chi connectivity index (χ3v) is 9.75. The van der Waals surface area contributed by atoms with E-state index in [9.17, 15) is 13.2 Å². The van der Waals surface area contributed by atoms with Gasteiger partial charge in [-0.05, 0) is 38.7 Å². The van der Waals surface area contributed by atoms with Gasteiger partial charge in [-0.2, -0.15) is 14.7 Å². The number of fused-ring (bicyclic) bond motifs is 3. The number of aromatic nitrogens is 6. The number of nitrogens with one attached hydrogen (secondary N) is 1. The Morgan fingerprint density at radius 3 is 2.36 bits per heavy atom. The van der Waals surface area contributed by atoms with E-state index in [-0.39, 0.29) is 34.6 Å². The predicted octanol–water partition coefficient (Wildman–Crippen LogP) is 4.03. The first-order valence-electron chi connectivity index (χ1n) is 13.9. The standard InChI is InChI=1S/C30H30N8O3S/c1-17-23(15-33-36-17)30(39)37-21-9-10-22(37)13-20(12-21)26-27(42(2,40)41)28(31)38-29(35-26)24(16-34-38)19-8-11-25(32-14-19)18-6-4-3-5-7-18/h3-8,11,14-16,20-22H,9-10,12-13,31H2,1-2H3,(H,33,36)/t20?,21-,22+. The highest BCUT2D eigenvalue weighted by atomic mass is 32.2. The topological polar surface area (TPSA) is 152 Å². The van der Waals surface area contributed by atoms with Crippen molar-refractivity contribution >= 4 is 27.2 Å². The average molecular weight is 583 g/mol. The Morgan fingerprint density at radius 1 is 1.00 bits per heavy atom. The van der Waals surface area contributed by atoms with Gasteiger partial charge in [0.15, 0.2) is 15.5 Å². The van der Waals surface area contributed by atoms with Gasteiger partial charge in [0.25, 0.3) is 5.91 Å². The molecule has 12 heteroatoms. The molecule has 0 saturated carbocycles. The van der Waals surface area contributed by atoms with Crippen LogP contribution in [0.4, 0.5) is 5.82 Å². The van der Waals surface area contributed by atoms with Crippen molar-refractivity contribution in [3.8, 4) is 22.4 Å². The van der Waals surface area contributed by atoms with Crippen LogP contribution in [0.3, 0.4) is 0 Å². The van der Waals surface area contributed by atoms with Crippen LogP contribution in [0, 0.1) is 6.92 Å². The van der Waals surface area contributed by atoms with E-state index < -0.39 is 9.84 Å². The molecule has 2 fully saturated rings. The molecule has 42 heavy (non-hydrogen) atoms. The summed E-state index contributed by atoms with van der Waals surface area (Å²) in [7, 11) is -3.74. The molecule has 2 bridgehead atoms. The van der Waals surface area contributed by atoms with Crippen molar-refractivity contribution < 1.29 is 13.2 Å². The summed E-state index contributed by atoms with van der Waals surface area (Å²) in [4.78, 5) is 25.0. The van der Waals surface area contributed by atoms with Gasteiger partial charge in [0.05, 0.1) is 29.3 Å². The summed E-state index contributed by atoms with van der Waals surface area (Å²) < 4.78 is 27.6.